The van der Waals surface area contributed by atoms with Gasteiger partial charge in [-0.15, -0.1) is 11.3 Å². The molecule has 1 N–H and O–H groups in total. The zero-order valence-electron chi connectivity index (χ0n) is 15.5. The number of benzene rings is 1. The molecule has 1 aliphatic rings. The van der Waals surface area contributed by atoms with Gasteiger partial charge in [-0.1, -0.05) is 48.9 Å². The summed E-state index contributed by atoms with van der Waals surface area (Å²) in [6.07, 6.45) is 4.92. The predicted octanol–water partition coefficient (Wildman–Crippen LogP) is 5.75. The molecule has 0 bridgehead atoms. The van der Waals surface area contributed by atoms with Crippen molar-refractivity contribution in [2.75, 3.05) is 11.9 Å². The SMILES string of the molecule is CN(C(=O)C(CC(=O)O)CC1CCCC1)c1nc(-c2cc(Cl)ccc2Cl)cs1. The third kappa shape index (κ3) is 5.04. The van der Waals surface area contributed by atoms with Gasteiger partial charge in [-0.05, 0) is 30.5 Å². The molecule has 1 aromatic carbocycles. The summed E-state index contributed by atoms with van der Waals surface area (Å²) in [6, 6.07) is 5.14. The fraction of sp³-hybridized carbons (Fsp3) is 0.450. The van der Waals surface area contributed by atoms with E-state index in [0.717, 1.165) is 25.7 Å². The number of carbonyl (C=O) groups is 2. The average Bonchev–Trinajstić information content (AvgIpc) is 3.33. The lowest BCUT2D eigenvalue weighted by Crippen LogP contribution is -2.35. The highest BCUT2D eigenvalue weighted by molar-refractivity contribution is 7.14. The van der Waals surface area contributed by atoms with Crippen molar-refractivity contribution in [3.05, 3.63) is 33.6 Å². The molecule has 2 aromatic rings. The lowest BCUT2D eigenvalue weighted by atomic mass is 9.90. The van der Waals surface area contributed by atoms with Gasteiger partial charge < -0.3 is 5.11 Å². The van der Waals surface area contributed by atoms with E-state index in [2.05, 4.69) is 4.98 Å². The standard InChI is InChI=1S/C20H22Cl2N2O3S/c1-24(19(27)13(9-18(25)26)8-12-4-2-3-5-12)20-23-17(11-28-20)15-10-14(21)6-7-16(15)22/h6-7,10-13H,2-5,8-9H2,1H3,(H,25,26). The van der Waals surface area contributed by atoms with E-state index in [4.69, 9.17) is 23.2 Å². The number of anilines is 1. The first-order valence-electron chi connectivity index (χ1n) is 9.25. The van der Waals surface area contributed by atoms with Crippen molar-refractivity contribution < 1.29 is 14.7 Å². The number of aliphatic carboxylic acids is 1. The molecule has 8 heteroatoms. The summed E-state index contributed by atoms with van der Waals surface area (Å²) < 4.78 is 0. The minimum Gasteiger partial charge on any atom is -0.481 e. The average molecular weight is 441 g/mol. The van der Waals surface area contributed by atoms with Crippen molar-refractivity contribution in [2.24, 2.45) is 11.8 Å². The molecular formula is C20H22Cl2N2O3S. The zero-order chi connectivity index (χ0) is 20.3. The number of thiazole rings is 1. The fourth-order valence-corrected chi connectivity index (χ4v) is 4.92. The molecule has 1 heterocycles. The maximum absolute atomic E-state index is 13.0. The zero-order valence-corrected chi connectivity index (χ0v) is 17.9. The van der Waals surface area contributed by atoms with Gasteiger partial charge in [0.25, 0.3) is 0 Å². The van der Waals surface area contributed by atoms with Crippen LogP contribution in [0, 0.1) is 11.8 Å². The van der Waals surface area contributed by atoms with Crippen LogP contribution in [0.4, 0.5) is 5.13 Å². The predicted molar refractivity (Wildman–Crippen MR) is 113 cm³/mol. The van der Waals surface area contributed by atoms with E-state index in [1.807, 2.05) is 5.38 Å². The quantitative estimate of drug-likeness (QED) is 0.594. The Labute approximate surface area is 178 Å². The van der Waals surface area contributed by atoms with Crippen molar-refractivity contribution in [3.63, 3.8) is 0 Å². The molecule has 0 saturated heterocycles. The fourth-order valence-electron chi connectivity index (χ4n) is 3.73. The minimum absolute atomic E-state index is 0.155. The Kier molecular flexibility index (Phi) is 6.96. The van der Waals surface area contributed by atoms with Gasteiger partial charge in [0, 0.05) is 28.9 Å². The Morgan fingerprint density at radius 1 is 1.32 bits per heavy atom. The summed E-state index contributed by atoms with van der Waals surface area (Å²) >= 11 is 13.6. The van der Waals surface area contributed by atoms with Gasteiger partial charge in [0.05, 0.1) is 17.1 Å². The normalized spacial score (nSPS) is 15.5. The largest absolute Gasteiger partial charge is 0.481 e. The lowest BCUT2D eigenvalue weighted by molar-refractivity contribution is -0.140. The molecule has 1 aromatic heterocycles. The molecule has 0 aliphatic heterocycles. The Balaban J connectivity index is 1.78. The highest BCUT2D eigenvalue weighted by Gasteiger charge is 2.30. The van der Waals surface area contributed by atoms with Crippen LogP contribution < -0.4 is 4.90 Å². The molecule has 1 atom stereocenters. The second kappa shape index (κ2) is 9.25. The van der Waals surface area contributed by atoms with Crippen LogP contribution in [0.15, 0.2) is 23.6 Å². The molecule has 0 radical (unpaired) electrons. The number of hydrogen-bond acceptors (Lipinski definition) is 4. The number of amides is 1. The molecular weight excluding hydrogens is 419 g/mol. The maximum atomic E-state index is 13.0. The van der Waals surface area contributed by atoms with Crippen LogP contribution >= 0.6 is 34.5 Å². The number of hydrogen-bond donors (Lipinski definition) is 1. The van der Waals surface area contributed by atoms with E-state index in [1.54, 1.807) is 25.2 Å². The summed E-state index contributed by atoms with van der Waals surface area (Å²) in [4.78, 5) is 30.3. The Morgan fingerprint density at radius 3 is 2.71 bits per heavy atom. The van der Waals surface area contributed by atoms with Crippen LogP contribution in [0.1, 0.15) is 38.5 Å². The summed E-state index contributed by atoms with van der Waals surface area (Å²) in [5.41, 5.74) is 1.34. The molecule has 1 unspecified atom stereocenters. The van der Waals surface area contributed by atoms with Crippen LogP contribution in [-0.4, -0.2) is 29.0 Å². The summed E-state index contributed by atoms with van der Waals surface area (Å²) in [5.74, 6) is -1.26. The number of rotatable bonds is 7. The highest BCUT2D eigenvalue weighted by Crippen LogP contribution is 2.35. The Morgan fingerprint density at radius 2 is 2.04 bits per heavy atom. The molecule has 1 amide bonds. The second-order valence-corrected chi connectivity index (χ2v) is 8.90. The van der Waals surface area contributed by atoms with Gasteiger partial charge >= 0.3 is 5.97 Å². The first-order chi connectivity index (χ1) is 13.3. The summed E-state index contributed by atoms with van der Waals surface area (Å²) in [5, 5.41) is 12.7. The number of carboxylic acid groups (broad SMARTS) is 1. The topological polar surface area (TPSA) is 70.5 Å². The molecule has 5 nitrogen and oxygen atoms in total. The van der Waals surface area contributed by atoms with Crippen LogP contribution in [-0.2, 0) is 9.59 Å². The van der Waals surface area contributed by atoms with E-state index in [1.165, 1.54) is 16.2 Å². The van der Waals surface area contributed by atoms with Crippen molar-refractivity contribution in [3.8, 4) is 11.3 Å². The maximum Gasteiger partial charge on any atom is 0.304 e. The highest BCUT2D eigenvalue weighted by atomic mass is 35.5. The molecule has 3 rings (SSSR count). The number of carbonyl (C=O) groups excluding carboxylic acids is 1. The molecule has 150 valence electrons. The Hall–Kier alpha value is -1.63. The third-order valence-electron chi connectivity index (χ3n) is 5.18. The molecule has 28 heavy (non-hydrogen) atoms. The minimum atomic E-state index is -0.949. The Bertz CT molecular complexity index is 865. The number of carboxylic acids is 1. The van der Waals surface area contributed by atoms with Gasteiger partial charge in [-0.25, -0.2) is 4.98 Å². The van der Waals surface area contributed by atoms with E-state index in [-0.39, 0.29) is 12.3 Å². The van der Waals surface area contributed by atoms with Gasteiger partial charge in [0.2, 0.25) is 5.91 Å². The summed E-state index contributed by atoms with van der Waals surface area (Å²) in [7, 11) is 1.65. The van der Waals surface area contributed by atoms with Crippen molar-refractivity contribution in [1.82, 2.24) is 4.98 Å². The van der Waals surface area contributed by atoms with Crippen LogP contribution in [0.25, 0.3) is 11.3 Å². The molecule has 1 aliphatic carbocycles. The van der Waals surface area contributed by atoms with E-state index >= 15 is 0 Å². The van der Waals surface area contributed by atoms with Gasteiger partial charge in [0.15, 0.2) is 5.13 Å². The number of aromatic nitrogens is 1. The molecule has 0 spiro atoms. The van der Waals surface area contributed by atoms with Crippen LogP contribution in [0.2, 0.25) is 10.0 Å². The first kappa shape index (κ1) is 21.1. The van der Waals surface area contributed by atoms with E-state index < -0.39 is 11.9 Å². The van der Waals surface area contributed by atoms with Crippen molar-refractivity contribution in [2.45, 2.75) is 38.5 Å². The number of halogens is 2. The monoisotopic (exact) mass is 440 g/mol. The molecule has 1 fully saturated rings. The van der Waals surface area contributed by atoms with Crippen LogP contribution in [0.3, 0.4) is 0 Å². The van der Waals surface area contributed by atoms with E-state index in [0.29, 0.717) is 38.8 Å². The van der Waals surface area contributed by atoms with Crippen molar-refractivity contribution in [1.29, 1.82) is 0 Å². The van der Waals surface area contributed by atoms with Crippen LogP contribution in [0.5, 0.6) is 0 Å². The van der Waals surface area contributed by atoms with E-state index in [9.17, 15) is 14.7 Å². The first-order valence-corrected chi connectivity index (χ1v) is 10.9. The second-order valence-electron chi connectivity index (χ2n) is 7.22. The third-order valence-corrected chi connectivity index (χ3v) is 6.66. The number of nitrogens with zero attached hydrogens (tertiary/aromatic N) is 2. The molecule has 1 saturated carbocycles. The summed E-state index contributed by atoms with van der Waals surface area (Å²) in [6.45, 7) is 0. The smallest absolute Gasteiger partial charge is 0.304 e. The van der Waals surface area contributed by atoms with Crippen molar-refractivity contribution >= 4 is 51.5 Å². The van der Waals surface area contributed by atoms with Gasteiger partial charge in [-0.3, -0.25) is 14.5 Å². The lowest BCUT2D eigenvalue weighted by Gasteiger charge is -2.23. The van der Waals surface area contributed by atoms with Gasteiger partial charge in [-0.2, -0.15) is 0 Å². The van der Waals surface area contributed by atoms with Gasteiger partial charge in [0.1, 0.15) is 0 Å².